The van der Waals surface area contributed by atoms with Crippen molar-refractivity contribution in [1.82, 2.24) is 0 Å². The molecule has 0 bridgehead atoms. The maximum Gasteiger partial charge on any atom is 0.328 e. The van der Waals surface area contributed by atoms with E-state index in [2.05, 4.69) is 0 Å². The van der Waals surface area contributed by atoms with Gasteiger partial charge < -0.3 is 0 Å². The average molecular weight is 385 g/mol. The summed E-state index contributed by atoms with van der Waals surface area (Å²) >= 11 is 0. The Labute approximate surface area is 122 Å². The Morgan fingerprint density at radius 3 is 1.91 bits per heavy atom. The van der Waals surface area contributed by atoms with Crippen molar-refractivity contribution in [3.8, 4) is 0 Å². The number of halogens is 3. The van der Waals surface area contributed by atoms with Crippen molar-refractivity contribution in [1.29, 1.82) is 0 Å². The molecule has 9 nitrogen and oxygen atoms in total. The van der Waals surface area contributed by atoms with E-state index in [1.54, 1.807) is 0 Å². The molecule has 0 radical (unpaired) electrons. The monoisotopic (exact) mass is 385 g/mol. The molecular weight excluding hydrogens is 379 g/mol. The van der Waals surface area contributed by atoms with Crippen molar-refractivity contribution in [2.45, 2.75) is 11.7 Å². The molecule has 0 N–H and O–H groups in total. The van der Waals surface area contributed by atoms with Crippen LogP contribution in [0, 0.1) is 10.1 Å². The van der Waals surface area contributed by atoms with Crippen LogP contribution in [0.5, 0.6) is 0 Å². The van der Waals surface area contributed by atoms with E-state index in [1.165, 1.54) is 0 Å². The SMILES string of the molecule is O=[N+]([O-])CC1=C(S(=O)(=O)F)CC(S(=O)(=O)F)=CC1S(=O)(=O)F. The van der Waals surface area contributed by atoms with Gasteiger partial charge in [0.1, 0.15) is 5.25 Å². The first-order valence-electron chi connectivity index (χ1n) is 5.01. The van der Waals surface area contributed by atoms with Gasteiger partial charge in [-0.2, -0.15) is 25.3 Å². The number of rotatable bonds is 5. The van der Waals surface area contributed by atoms with E-state index >= 15 is 0 Å². The van der Waals surface area contributed by atoms with Crippen LogP contribution >= 0.6 is 0 Å². The van der Waals surface area contributed by atoms with Crippen LogP contribution in [-0.4, -0.2) is 42.0 Å². The van der Waals surface area contributed by atoms with Gasteiger partial charge in [0.15, 0.2) is 0 Å². The molecule has 1 atom stereocenters. The lowest BCUT2D eigenvalue weighted by atomic mass is 10.1. The van der Waals surface area contributed by atoms with E-state index < -0.39 is 69.2 Å². The first-order chi connectivity index (χ1) is 9.64. The zero-order valence-corrected chi connectivity index (χ0v) is 12.6. The third-order valence-electron chi connectivity index (χ3n) is 2.58. The molecule has 1 aliphatic rings. The van der Waals surface area contributed by atoms with E-state index in [9.17, 15) is 47.0 Å². The average Bonchev–Trinajstić information content (AvgIpc) is 2.23. The third kappa shape index (κ3) is 4.26. The molecule has 0 aliphatic heterocycles. The van der Waals surface area contributed by atoms with Gasteiger partial charge in [-0.1, -0.05) is 0 Å². The van der Waals surface area contributed by atoms with Crippen molar-refractivity contribution in [2.24, 2.45) is 0 Å². The minimum Gasteiger partial charge on any atom is -0.264 e. The van der Waals surface area contributed by atoms with E-state index in [4.69, 9.17) is 0 Å². The Hall–Kier alpha value is -1.48. The molecule has 1 aliphatic carbocycles. The van der Waals surface area contributed by atoms with Crippen molar-refractivity contribution < 1.29 is 41.8 Å². The molecule has 0 saturated carbocycles. The topological polar surface area (TPSA) is 146 Å². The predicted molar refractivity (Wildman–Crippen MR) is 65.5 cm³/mol. The lowest BCUT2D eigenvalue weighted by Crippen LogP contribution is -2.29. The van der Waals surface area contributed by atoms with Crippen LogP contribution in [0.4, 0.5) is 11.7 Å². The molecule has 0 spiro atoms. The van der Waals surface area contributed by atoms with Gasteiger partial charge in [-0.05, 0) is 6.08 Å². The molecule has 0 aromatic carbocycles. The fourth-order valence-electron chi connectivity index (χ4n) is 1.74. The maximum absolute atomic E-state index is 13.1. The standard InChI is InChI=1S/C7H6F3NO8S3/c8-20(14,15)4-1-6(21(9,16)17)5(3-11(12)13)7(2-4)22(10,18)19/h1,6H,2-3H2. The van der Waals surface area contributed by atoms with Crippen LogP contribution in [-0.2, 0) is 30.7 Å². The number of hydrogen-bond acceptors (Lipinski definition) is 8. The van der Waals surface area contributed by atoms with E-state index in [0.29, 0.717) is 0 Å². The van der Waals surface area contributed by atoms with Crippen LogP contribution in [0.1, 0.15) is 6.42 Å². The molecule has 0 heterocycles. The Balaban J connectivity index is 3.75. The molecule has 0 aromatic rings. The van der Waals surface area contributed by atoms with Gasteiger partial charge in [0.25, 0.3) is 0 Å². The van der Waals surface area contributed by atoms with E-state index in [0.717, 1.165) is 0 Å². The summed E-state index contributed by atoms with van der Waals surface area (Å²) < 4.78 is 104. The summed E-state index contributed by atoms with van der Waals surface area (Å²) in [4.78, 5) is 5.94. The highest BCUT2D eigenvalue weighted by Gasteiger charge is 2.42. The Morgan fingerprint density at radius 2 is 1.59 bits per heavy atom. The van der Waals surface area contributed by atoms with Crippen molar-refractivity contribution in [2.75, 3.05) is 6.54 Å². The molecule has 0 amide bonds. The van der Waals surface area contributed by atoms with Gasteiger partial charge in [-0.15, -0.1) is 11.7 Å². The largest absolute Gasteiger partial charge is 0.328 e. The van der Waals surface area contributed by atoms with Gasteiger partial charge in [-0.25, -0.2) is 0 Å². The summed E-state index contributed by atoms with van der Waals surface area (Å²) in [5.74, 6) is 0. The van der Waals surface area contributed by atoms with Gasteiger partial charge in [0.05, 0.1) is 9.81 Å². The lowest BCUT2D eigenvalue weighted by molar-refractivity contribution is -0.471. The van der Waals surface area contributed by atoms with Crippen LogP contribution < -0.4 is 0 Å². The Bertz CT molecular complexity index is 883. The smallest absolute Gasteiger partial charge is 0.264 e. The summed E-state index contributed by atoms with van der Waals surface area (Å²) in [5.41, 5.74) is -1.33. The molecule has 0 saturated heterocycles. The molecule has 126 valence electrons. The van der Waals surface area contributed by atoms with E-state index in [-0.39, 0.29) is 6.08 Å². The van der Waals surface area contributed by atoms with Crippen LogP contribution in [0.15, 0.2) is 21.5 Å². The summed E-state index contributed by atoms with van der Waals surface area (Å²) in [6, 6.07) is 0. The second-order valence-electron chi connectivity index (χ2n) is 4.02. The van der Waals surface area contributed by atoms with Crippen LogP contribution in [0.3, 0.4) is 0 Å². The van der Waals surface area contributed by atoms with E-state index in [1.807, 2.05) is 0 Å². The maximum atomic E-state index is 13.1. The van der Waals surface area contributed by atoms with Gasteiger partial charge in [-0.3, -0.25) is 10.1 Å². The van der Waals surface area contributed by atoms with Crippen molar-refractivity contribution >= 4 is 30.7 Å². The Kier molecular flexibility index (Phi) is 4.74. The number of hydrogen-bond donors (Lipinski definition) is 0. The normalized spacial score (nSPS) is 20.7. The van der Waals surface area contributed by atoms with Gasteiger partial charge in [0.2, 0.25) is 6.54 Å². The summed E-state index contributed by atoms with van der Waals surface area (Å²) in [6.45, 7) is -1.59. The number of allylic oxidation sites excluding steroid dienone is 2. The second-order valence-corrected chi connectivity index (χ2v) is 8.25. The predicted octanol–water partition coefficient (Wildman–Crippen LogP) is 0.0713. The second kappa shape index (κ2) is 5.62. The number of nitrogens with zero attached hydrogens (tertiary/aromatic N) is 1. The summed E-state index contributed by atoms with van der Waals surface area (Å²) in [6.07, 6.45) is -1.54. The fourth-order valence-corrected chi connectivity index (χ4v) is 4.32. The highest BCUT2D eigenvalue weighted by atomic mass is 32.3. The fraction of sp³-hybridized carbons (Fsp3) is 0.429. The minimum absolute atomic E-state index is 0.0435. The van der Waals surface area contributed by atoms with Crippen molar-refractivity contribution in [3.63, 3.8) is 0 Å². The zero-order chi connectivity index (χ0) is 17.5. The Morgan fingerprint density at radius 1 is 1.09 bits per heavy atom. The third-order valence-corrected chi connectivity index (χ3v) is 5.51. The molecule has 1 unspecified atom stereocenters. The first-order valence-corrected chi connectivity index (χ1v) is 9.22. The molecule has 1 rings (SSSR count). The highest BCUT2D eigenvalue weighted by molar-refractivity contribution is 7.92. The van der Waals surface area contributed by atoms with Crippen molar-refractivity contribution in [3.05, 3.63) is 31.6 Å². The van der Waals surface area contributed by atoms with Gasteiger partial charge >= 0.3 is 30.7 Å². The summed E-state index contributed by atoms with van der Waals surface area (Å²) in [5, 5.41) is 7.62. The van der Waals surface area contributed by atoms with Gasteiger partial charge in [0, 0.05) is 16.9 Å². The summed E-state index contributed by atoms with van der Waals surface area (Å²) in [7, 11) is -17.3. The minimum atomic E-state index is -5.83. The first kappa shape index (κ1) is 18.6. The molecule has 0 aromatic heterocycles. The molecular formula is C7H6F3NO8S3. The zero-order valence-electron chi connectivity index (χ0n) is 10.1. The van der Waals surface area contributed by atoms with Crippen LogP contribution in [0.2, 0.25) is 0 Å². The lowest BCUT2D eigenvalue weighted by Gasteiger charge is -2.19. The highest BCUT2D eigenvalue weighted by Crippen LogP contribution is 2.36. The van der Waals surface area contributed by atoms with Crippen LogP contribution in [0.25, 0.3) is 0 Å². The molecule has 22 heavy (non-hydrogen) atoms. The number of nitro groups is 1. The molecule has 15 heteroatoms. The quantitative estimate of drug-likeness (QED) is 0.367. The molecule has 0 fully saturated rings.